The number of urea groups is 1. The maximum absolute atomic E-state index is 12.1. The van der Waals surface area contributed by atoms with Crippen LogP contribution in [0, 0.1) is 13.8 Å². The van der Waals surface area contributed by atoms with E-state index in [9.17, 15) is 14.4 Å². The molecule has 0 atom stereocenters. The average Bonchev–Trinajstić information content (AvgIpc) is 2.82. The second kappa shape index (κ2) is 9.33. The lowest BCUT2D eigenvalue weighted by Gasteiger charge is -2.21. The molecule has 4 amide bonds. The zero-order chi connectivity index (χ0) is 19.1. The molecule has 142 valence electrons. The van der Waals surface area contributed by atoms with Crippen molar-refractivity contribution in [2.24, 2.45) is 0 Å². The third kappa shape index (κ3) is 5.84. The first-order chi connectivity index (χ1) is 12.4. The lowest BCUT2D eigenvalue weighted by molar-refractivity contribution is -0.130. The van der Waals surface area contributed by atoms with Crippen LogP contribution in [0.5, 0.6) is 0 Å². The van der Waals surface area contributed by atoms with Gasteiger partial charge in [-0.3, -0.25) is 19.8 Å². The van der Waals surface area contributed by atoms with Crippen molar-refractivity contribution in [3.63, 3.8) is 0 Å². The van der Waals surface area contributed by atoms with Gasteiger partial charge in [-0.05, 0) is 31.9 Å². The maximum atomic E-state index is 12.1. The summed E-state index contributed by atoms with van der Waals surface area (Å²) in [4.78, 5) is 39.8. The van der Waals surface area contributed by atoms with Crippen LogP contribution in [0.4, 0.5) is 10.5 Å². The summed E-state index contributed by atoms with van der Waals surface area (Å²) in [6.07, 6.45) is 1.33. The predicted octanol–water partition coefficient (Wildman–Crippen LogP) is 1.90. The third-order valence-corrected chi connectivity index (χ3v) is 4.49. The molecular formula is C19H28N4O3. The van der Waals surface area contributed by atoms with Gasteiger partial charge in [0.25, 0.3) is 0 Å². The standard InChI is InChI=1S/C19H28N4O3/c1-4-18(25)23-9-5-8-22(10-11-23)13-17(24)21-19(26)20-16-7-6-14(2)12-15(16)3/h6-7,12H,4-5,8-11,13H2,1-3H3,(H2,20,21,24,26). The van der Waals surface area contributed by atoms with Gasteiger partial charge < -0.3 is 10.2 Å². The van der Waals surface area contributed by atoms with E-state index >= 15 is 0 Å². The van der Waals surface area contributed by atoms with Crippen LogP contribution in [-0.4, -0.2) is 60.4 Å². The topological polar surface area (TPSA) is 81.8 Å². The molecule has 1 fully saturated rings. The van der Waals surface area contributed by atoms with Gasteiger partial charge in [-0.25, -0.2) is 4.79 Å². The SMILES string of the molecule is CCC(=O)N1CCCN(CC(=O)NC(=O)Nc2ccc(C)cc2C)CC1. The molecule has 0 aliphatic carbocycles. The Bertz CT molecular complexity index is 675. The summed E-state index contributed by atoms with van der Waals surface area (Å²) in [5.41, 5.74) is 2.74. The Labute approximate surface area is 154 Å². The van der Waals surface area contributed by atoms with Crippen molar-refractivity contribution in [1.82, 2.24) is 15.1 Å². The van der Waals surface area contributed by atoms with Crippen LogP contribution in [0.15, 0.2) is 18.2 Å². The molecule has 1 aromatic rings. The third-order valence-electron chi connectivity index (χ3n) is 4.49. The van der Waals surface area contributed by atoms with Gasteiger partial charge in [-0.15, -0.1) is 0 Å². The van der Waals surface area contributed by atoms with E-state index in [-0.39, 0.29) is 18.4 Å². The molecule has 1 aliphatic rings. The molecule has 1 aromatic carbocycles. The fraction of sp³-hybridized carbons (Fsp3) is 0.526. The van der Waals surface area contributed by atoms with Gasteiger partial charge in [0.15, 0.2) is 0 Å². The lowest BCUT2D eigenvalue weighted by atomic mass is 10.1. The summed E-state index contributed by atoms with van der Waals surface area (Å²) in [5.74, 6) is -0.202. The van der Waals surface area contributed by atoms with Crippen LogP contribution in [0.1, 0.15) is 30.9 Å². The molecule has 1 saturated heterocycles. The number of hydrogen-bond acceptors (Lipinski definition) is 4. The lowest BCUT2D eigenvalue weighted by Crippen LogP contribution is -2.43. The van der Waals surface area contributed by atoms with Crippen molar-refractivity contribution in [1.29, 1.82) is 0 Å². The largest absolute Gasteiger partial charge is 0.341 e. The Morgan fingerprint density at radius 2 is 1.85 bits per heavy atom. The van der Waals surface area contributed by atoms with Crippen LogP contribution in [0.25, 0.3) is 0 Å². The molecule has 1 aliphatic heterocycles. The number of benzene rings is 1. The molecule has 1 heterocycles. The van der Waals surface area contributed by atoms with Gasteiger partial charge >= 0.3 is 6.03 Å². The molecule has 26 heavy (non-hydrogen) atoms. The van der Waals surface area contributed by atoms with E-state index < -0.39 is 6.03 Å². The minimum atomic E-state index is -0.528. The molecule has 7 heteroatoms. The zero-order valence-electron chi connectivity index (χ0n) is 15.8. The Hall–Kier alpha value is -2.41. The van der Waals surface area contributed by atoms with E-state index in [2.05, 4.69) is 10.6 Å². The number of amides is 4. The van der Waals surface area contributed by atoms with Crippen molar-refractivity contribution in [2.45, 2.75) is 33.6 Å². The molecular weight excluding hydrogens is 332 g/mol. The van der Waals surface area contributed by atoms with Gasteiger partial charge in [-0.2, -0.15) is 0 Å². The number of rotatable bonds is 4. The second-order valence-corrected chi connectivity index (χ2v) is 6.68. The van der Waals surface area contributed by atoms with Crippen molar-refractivity contribution < 1.29 is 14.4 Å². The second-order valence-electron chi connectivity index (χ2n) is 6.68. The number of anilines is 1. The molecule has 0 aromatic heterocycles. The Morgan fingerprint density at radius 3 is 2.54 bits per heavy atom. The fourth-order valence-electron chi connectivity index (χ4n) is 3.08. The van der Waals surface area contributed by atoms with Crippen molar-refractivity contribution >= 4 is 23.5 Å². The highest BCUT2D eigenvalue weighted by atomic mass is 16.2. The van der Waals surface area contributed by atoms with Gasteiger partial charge in [0, 0.05) is 38.3 Å². The van der Waals surface area contributed by atoms with Crippen molar-refractivity contribution in [3.8, 4) is 0 Å². The quantitative estimate of drug-likeness (QED) is 0.859. The smallest absolute Gasteiger partial charge is 0.325 e. The number of aryl methyl sites for hydroxylation is 2. The van der Waals surface area contributed by atoms with E-state index in [4.69, 9.17) is 0 Å². The molecule has 2 N–H and O–H groups in total. The first kappa shape index (κ1) is 19.9. The summed E-state index contributed by atoms with van der Waals surface area (Å²) in [6, 6.07) is 5.17. The van der Waals surface area contributed by atoms with E-state index in [0.717, 1.165) is 30.6 Å². The molecule has 0 spiro atoms. The van der Waals surface area contributed by atoms with E-state index in [0.29, 0.717) is 25.2 Å². The van der Waals surface area contributed by atoms with Gasteiger partial charge in [0.05, 0.1) is 6.54 Å². The molecule has 0 saturated carbocycles. The van der Waals surface area contributed by atoms with Gasteiger partial charge in [-0.1, -0.05) is 24.6 Å². The highest BCUT2D eigenvalue weighted by Gasteiger charge is 2.20. The minimum absolute atomic E-state index is 0.143. The Kier molecular flexibility index (Phi) is 7.15. The summed E-state index contributed by atoms with van der Waals surface area (Å²) in [7, 11) is 0. The zero-order valence-corrected chi connectivity index (χ0v) is 15.8. The number of nitrogens with one attached hydrogen (secondary N) is 2. The first-order valence-corrected chi connectivity index (χ1v) is 9.07. The molecule has 0 bridgehead atoms. The number of imide groups is 1. The first-order valence-electron chi connectivity index (χ1n) is 9.07. The molecule has 0 unspecified atom stereocenters. The normalized spacial score (nSPS) is 15.3. The van der Waals surface area contributed by atoms with Crippen LogP contribution < -0.4 is 10.6 Å². The van der Waals surface area contributed by atoms with Gasteiger partial charge in [0.1, 0.15) is 0 Å². The van der Waals surface area contributed by atoms with Crippen LogP contribution in [-0.2, 0) is 9.59 Å². The minimum Gasteiger partial charge on any atom is -0.341 e. The van der Waals surface area contributed by atoms with Crippen molar-refractivity contribution in [2.75, 3.05) is 38.0 Å². The number of carbonyl (C=O) groups is 3. The van der Waals surface area contributed by atoms with E-state index in [1.54, 1.807) is 0 Å². The van der Waals surface area contributed by atoms with Crippen LogP contribution in [0.3, 0.4) is 0 Å². The average molecular weight is 360 g/mol. The maximum Gasteiger partial charge on any atom is 0.325 e. The number of nitrogens with zero attached hydrogens (tertiary/aromatic N) is 2. The van der Waals surface area contributed by atoms with Crippen LogP contribution in [0.2, 0.25) is 0 Å². The fourth-order valence-corrected chi connectivity index (χ4v) is 3.08. The predicted molar refractivity (Wildman–Crippen MR) is 101 cm³/mol. The summed E-state index contributed by atoms with van der Waals surface area (Å²) in [6.45, 7) is 8.60. The number of carbonyl (C=O) groups excluding carboxylic acids is 3. The van der Waals surface area contributed by atoms with E-state index in [1.165, 1.54) is 0 Å². The number of hydrogen-bond donors (Lipinski definition) is 2. The molecule has 0 radical (unpaired) electrons. The summed E-state index contributed by atoms with van der Waals surface area (Å²) >= 11 is 0. The molecule has 7 nitrogen and oxygen atoms in total. The van der Waals surface area contributed by atoms with Crippen LogP contribution >= 0.6 is 0 Å². The summed E-state index contributed by atoms with van der Waals surface area (Å²) in [5, 5.41) is 5.08. The van der Waals surface area contributed by atoms with E-state index in [1.807, 2.05) is 48.8 Å². The highest BCUT2D eigenvalue weighted by molar-refractivity contribution is 6.02. The monoisotopic (exact) mass is 360 g/mol. The highest BCUT2D eigenvalue weighted by Crippen LogP contribution is 2.15. The Balaban J connectivity index is 1.80. The van der Waals surface area contributed by atoms with Crippen molar-refractivity contribution in [3.05, 3.63) is 29.3 Å². The van der Waals surface area contributed by atoms with Gasteiger partial charge in [0.2, 0.25) is 11.8 Å². The Morgan fingerprint density at radius 1 is 1.08 bits per heavy atom. The summed E-state index contributed by atoms with van der Waals surface area (Å²) < 4.78 is 0. The molecule has 2 rings (SSSR count).